The molecule has 1 aliphatic rings. The molecule has 1 aliphatic heterocycles. The van der Waals surface area contributed by atoms with E-state index in [1.807, 2.05) is 19.0 Å². The lowest BCUT2D eigenvalue weighted by molar-refractivity contribution is 0.0730. The lowest BCUT2D eigenvalue weighted by atomic mass is 10.1. The molecule has 0 aliphatic carbocycles. The van der Waals surface area contributed by atoms with Crippen LogP contribution in [0.4, 0.5) is 11.4 Å². The van der Waals surface area contributed by atoms with E-state index in [0.717, 1.165) is 5.69 Å². The minimum Gasteiger partial charge on any atom is -0.496 e. The summed E-state index contributed by atoms with van der Waals surface area (Å²) in [6, 6.07) is 9.38. The smallest absolute Gasteiger partial charge is 0.259 e. The predicted octanol–water partition coefficient (Wildman–Crippen LogP) is 2.69. The van der Waals surface area contributed by atoms with Crippen LogP contribution in [-0.2, 0) is 14.8 Å². The monoisotopic (exact) mass is 453 g/mol. The Balaban J connectivity index is 1.90. The zero-order chi connectivity index (χ0) is 21.9. The van der Waals surface area contributed by atoms with E-state index in [1.54, 1.807) is 18.2 Å². The van der Waals surface area contributed by atoms with Gasteiger partial charge in [0.25, 0.3) is 5.91 Å². The average Bonchev–Trinajstić information content (AvgIpc) is 2.73. The van der Waals surface area contributed by atoms with Gasteiger partial charge in [-0.3, -0.25) is 4.79 Å². The standard InChI is InChI=1S/C20H24ClN3O5S/c1-23(2)18-6-4-14(12-17(18)21)22-20(25)16-13-15(5-7-19(16)28-3)30(26,27)24-8-10-29-11-9-24/h4-7,12-13H,8-11H2,1-3H3,(H,22,25). The van der Waals surface area contributed by atoms with Crippen LogP contribution in [0.25, 0.3) is 0 Å². The molecule has 2 aromatic carbocycles. The maximum atomic E-state index is 12.9. The van der Waals surface area contributed by atoms with Crippen LogP contribution in [0.1, 0.15) is 10.4 Å². The summed E-state index contributed by atoms with van der Waals surface area (Å²) in [5, 5.41) is 3.23. The number of sulfonamides is 1. The summed E-state index contributed by atoms with van der Waals surface area (Å²) in [7, 11) is 1.41. The van der Waals surface area contributed by atoms with Crippen molar-refractivity contribution < 1.29 is 22.7 Å². The van der Waals surface area contributed by atoms with Gasteiger partial charge in [-0.15, -0.1) is 0 Å². The van der Waals surface area contributed by atoms with Crippen LogP contribution in [0.5, 0.6) is 5.75 Å². The molecule has 8 nitrogen and oxygen atoms in total. The van der Waals surface area contributed by atoms with Crippen LogP contribution >= 0.6 is 11.6 Å². The highest BCUT2D eigenvalue weighted by Crippen LogP contribution is 2.29. The molecule has 1 heterocycles. The van der Waals surface area contributed by atoms with Gasteiger partial charge in [-0.2, -0.15) is 4.31 Å². The summed E-state index contributed by atoms with van der Waals surface area (Å²) in [5.74, 6) is -0.232. The van der Waals surface area contributed by atoms with Gasteiger partial charge < -0.3 is 19.7 Å². The molecule has 0 atom stereocenters. The first-order valence-corrected chi connectivity index (χ1v) is 11.1. The fourth-order valence-corrected chi connectivity index (χ4v) is 4.89. The second kappa shape index (κ2) is 9.22. The molecular formula is C20H24ClN3O5S. The zero-order valence-corrected chi connectivity index (χ0v) is 18.6. The van der Waals surface area contributed by atoms with Crippen molar-refractivity contribution in [1.29, 1.82) is 0 Å². The average molecular weight is 454 g/mol. The fourth-order valence-electron chi connectivity index (χ4n) is 3.11. The third-order valence-electron chi connectivity index (χ3n) is 4.71. The Kier molecular flexibility index (Phi) is 6.87. The molecule has 0 unspecified atom stereocenters. The Morgan fingerprint density at radius 3 is 2.47 bits per heavy atom. The highest BCUT2D eigenvalue weighted by molar-refractivity contribution is 7.89. The first kappa shape index (κ1) is 22.4. The van der Waals surface area contributed by atoms with E-state index in [9.17, 15) is 13.2 Å². The van der Waals surface area contributed by atoms with Crippen LogP contribution in [0.15, 0.2) is 41.3 Å². The van der Waals surface area contributed by atoms with E-state index < -0.39 is 15.9 Å². The summed E-state index contributed by atoms with van der Waals surface area (Å²) in [5.41, 5.74) is 1.41. The summed E-state index contributed by atoms with van der Waals surface area (Å²) in [6.07, 6.45) is 0. The van der Waals surface area contributed by atoms with Crippen LogP contribution < -0.4 is 15.0 Å². The van der Waals surface area contributed by atoms with Gasteiger partial charge in [-0.05, 0) is 36.4 Å². The number of rotatable bonds is 6. The molecule has 1 saturated heterocycles. The molecule has 30 heavy (non-hydrogen) atoms. The van der Waals surface area contributed by atoms with Gasteiger partial charge in [-0.25, -0.2) is 8.42 Å². The van der Waals surface area contributed by atoms with Crippen molar-refractivity contribution in [1.82, 2.24) is 4.31 Å². The quantitative estimate of drug-likeness (QED) is 0.723. The predicted molar refractivity (Wildman–Crippen MR) is 116 cm³/mol. The first-order chi connectivity index (χ1) is 14.2. The highest BCUT2D eigenvalue weighted by Gasteiger charge is 2.28. The number of ether oxygens (including phenoxy) is 2. The Hall–Kier alpha value is -2.33. The number of carbonyl (C=O) groups excluding carboxylic acids is 1. The molecule has 0 spiro atoms. The molecule has 2 aromatic rings. The van der Waals surface area contributed by atoms with Crippen LogP contribution in [0, 0.1) is 0 Å². The fraction of sp³-hybridized carbons (Fsp3) is 0.350. The number of nitrogens with one attached hydrogen (secondary N) is 1. The number of anilines is 2. The van der Waals surface area contributed by atoms with Gasteiger partial charge >= 0.3 is 0 Å². The van der Waals surface area contributed by atoms with Crippen molar-refractivity contribution in [3.8, 4) is 5.75 Å². The topological polar surface area (TPSA) is 88.2 Å². The van der Waals surface area contributed by atoms with Gasteiger partial charge in [0, 0.05) is 32.9 Å². The molecule has 0 aromatic heterocycles. The zero-order valence-electron chi connectivity index (χ0n) is 17.0. The van der Waals surface area contributed by atoms with Gasteiger partial charge in [0.05, 0.1) is 41.5 Å². The maximum absolute atomic E-state index is 12.9. The molecule has 162 valence electrons. The second-order valence-corrected chi connectivity index (χ2v) is 9.24. The number of nitrogens with zero attached hydrogens (tertiary/aromatic N) is 2. The second-order valence-electron chi connectivity index (χ2n) is 6.89. The van der Waals surface area contributed by atoms with Gasteiger partial charge in [0.15, 0.2) is 0 Å². The lowest BCUT2D eigenvalue weighted by Crippen LogP contribution is -2.40. The largest absolute Gasteiger partial charge is 0.496 e. The van der Waals surface area contributed by atoms with Crippen LogP contribution in [0.3, 0.4) is 0 Å². The van der Waals surface area contributed by atoms with Crippen molar-refractivity contribution in [2.75, 3.05) is 57.7 Å². The first-order valence-electron chi connectivity index (χ1n) is 9.28. The summed E-state index contributed by atoms with van der Waals surface area (Å²) in [4.78, 5) is 14.8. The molecule has 3 rings (SSSR count). The molecule has 10 heteroatoms. The van der Waals surface area contributed by atoms with Gasteiger partial charge in [-0.1, -0.05) is 11.6 Å². The Bertz CT molecular complexity index is 1040. The van der Waals surface area contributed by atoms with E-state index in [1.165, 1.54) is 29.6 Å². The molecular weight excluding hydrogens is 430 g/mol. The summed E-state index contributed by atoms with van der Waals surface area (Å²) < 4.78 is 37.7. The number of hydrogen-bond acceptors (Lipinski definition) is 6. The van der Waals surface area contributed by atoms with Crippen molar-refractivity contribution in [3.05, 3.63) is 47.0 Å². The number of carbonyl (C=O) groups is 1. The molecule has 0 saturated carbocycles. The molecule has 1 amide bonds. The van der Waals surface area contributed by atoms with E-state index in [4.69, 9.17) is 21.1 Å². The highest BCUT2D eigenvalue weighted by atomic mass is 35.5. The molecule has 1 N–H and O–H groups in total. The van der Waals surface area contributed by atoms with Crippen molar-refractivity contribution in [2.45, 2.75) is 4.90 Å². The summed E-state index contributed by atoms with van der Waals surface area (Å²) in [6.45, 7) is 1.22. The van der Waals surface area contributed by atoms with E-state index in [-0.39, 0.29) is 29.3 Å². The Morgan fingerprint density at radius 2 is 1.87 bits per heavy atom. The Labute approximate surface area is 181 Å². The van der Waals surface area contributed by atoms with Crippen LogP contribution in [0.2, 0.25) is 5.02 Å². The number of amides is 1. The number of methoxy groups -OCH3 is 1. The minimum atomic E-state index is -3.75. The normalized spacial score (nSPS) is 14.9. The number of halogens is 1. The minimum absolute atomic E-state index is 0.0244. The number of morpholine rings is 1. The van der Waals surface area contributed by atoms with Crippen molar-refractivity contribution >= 4 is 38.9 Å². The van der Waals surface area contributed by atoms with E-state index in [2.05, 4.69) is 5.32 Å². The molecule has 1 fully saturated rings. The number of hydrogen-bond donors (Lipinski definition) is 1. The Morgan fingerprint density at radius 1 is 1.17 bits per heavy atom. The van der Waals surface area contributed by atoms with Gasteiger partial charge in [0.1, 0.15) is 5.75 Å². The van der Waals surface area contributed by atoms with Crippen molar-refractivity contribution in [2.24, 2.45) is 0 Å². The third kappa shape index (κ3) is 4.70. The maximum Gasteiger partial charge on any atom is 0.259 e. The molecule has 0 radical (unpaired) electrons. The van der Waals surface area contributed by atoms with E-state index >= 15 is 0 Å². The van der Waals surface area contributed by atoms with Crippen LogP contribution in [-0.4, -0.2) is 66.1 Å². The van der Waals surface area contributed by atoms with Gasteiger partial charge in [0.2, 0.25) is 10.0 Å². The third-order valence-corrected chi connectivity index (χ3v) is 6.91. The van der Waals surface area contributed by atoms with Crippen molar-refractivity contribution in [3.63, 3.8) is 0 Å². The summed E-state index contributed by atoms with van der Waals surface area (Å²) >= 11 is 6.27. The van der Waals surface area contributed by atoms with E-state index in [0.29, 0.717) is 23.9 Å². The number of benzene rings is 2. The SMILES string of the molecule is COc1ccc(S(=O)(=O)N2CCOCC2)cc1C(=O)Nc1ccc(N(C)C)c(Cl)c1. The lowest BCUT2D eigenvalue weighted by Gasteiger charge is -2.26. The molecule has 0 bridgehead atoms.